The zero-order chi connectivity index (χ0) is 11.1. The second-order valence-electron chi connectivity index (χ2n) is 4.21. The van der Waals surface area contributed by atoms with E-state index in [1.807, 2.05) is 6.92 Å². The summed E-state index contributed by atoms with van der Waals surface area (Å²) >= 11 is 0. The first-order valence-corrected chi connectivity index (χ1v) is 5.05. The number of carbonyl (C=O) groups is 1. The maximum absolute atomic E-state index is 10.7. The van der Waals surface area contributed by atoms with E-state index in [1.165, 1.54) is 6.26 Å². The summed E-state index contributed by atoms with van der Waals surface area (Å²) in [6, 6.07) is 1.80. The first-order valence-electron chi connectivity index (χ1n) is 5.05. The number of aryl methyl sites for hydroxylation is 1. The zero-order valence-corrected chi connectivity index (χ0v) is 8.56. The molecule has 1 aliphatic carbocycles. The van der Waals surface area contributed by atoms with Crippen molar-refractivity contribution in [1.29, 1.82) is 0 Å². The van der Waals surface area contributed by atoms with E-state index in [2.05, 4.69) is 0 Å². The molecule has 0 amide bonds. The van der Waals surface area contributed by atoms with Crippen LogP contribution >= 0.6 is 0 Å². The maximum atomic E-state index is 10.7. The van der Waals surface area contributed by atoms with Gasteiger partial charge in [0.05, 0.1) is 12.7 Å². The Kier molecular flexibility index (Phi) is 2.31. The van der Waals surface area contributed by atoms with Gasteiger partial charge in [-0.3, -0.25) is 4.79 Å². The van der Waals surface area contributed by atoms with Gasteiger partial charge in [0, 0.05) is 0 Å². The first kappa shape index (κ1) is 10.2. The third-order valence-corrected chi connectivity index (χ3v) is 3.22. The van der Waals surface area contributed by atoms with Crippen LogP contribution in [-0.2, 0) is 16.8 Å². The van der Waals surface area contributed by atoms with Crippen LogP contribution in [0.5, 0.6) is 0 Å². The van der Waals surface area contributed by atoms with Crippen LogP contribution in [0, 0.1) is 5.92 Å². The van der Waals surface area contributed by atoms with E-state index in [0.717, 1.165) is 18.4 Å². The average molecular weight is 210 g/mol. The third-order valence-electron chi connectivity index (χ3n) is 3.22. The summed E-state index contributed by atoms with van der Waals surface area (Å²) < 4.78 is 5.23. The average Bonchev–Trinajstić information content (AvgIpc) is 2.59. The first-order chi connectivity index (χ1) is 7.04. The monoisotopic (exact) mass is 210 g/mol. The molecule has 0 saturated heterocycles. The molecule has 2 N–H and O–H groups in total. The van der Waals surface area contributed by atoms with E-state index in [4.69, 9.17) is 9.52 Å². The van der Waals surface area contributed by atoms with Gasteiger partial charge in [-0.1, -0.05) is 6.92 Å². The van der Waals surface area contributed by atoms with Crippen LogP contribution in [0.15, 0.2) is 16.7 Å². The molecule has 1 aromatic heterocycles. The zero-order valence-electron chi connectivity index (χ0n) is 8.56. The number of hydrogen-bond donors (Lipinski definition) is 2. The van der Waals surface area contributed by atoms with Crippen molar-refractivity contribution in [2.75, 3.05) is 0 Å². The highest BCUT2D eigenvalue weighted by Crippen LogP contribution is 2.42. The second kappa shape index (κ2) is 3.38. The van der Waals surface area contributed by atoms with Crippen LogP contribution in [0.4, 0.5) is 0 Å². The molecular formula is C11H14O4. The van der Waals surface area contributed by atoms with Gasteiger partial charge >= 0.3 is 5.97 Å². The van der Waals surface area contributed by atoms with Crippen molar-refractivity contribution in [3.05, 3.63) is 23.7 Å². The molecule has 0 radical (unpaired) electrons. The summed E-state index contributed by atoms with van der Waals surface area (Å²) in [5, 5.41) is 19.2. The van der Waals surface area contributed by atoms with Crippen molar-refractivity contribution in [3.63, 3.8) is 0 Å². The van der Waals surface area contributed by atoms with Gasteiger partial charge in [-0.05, 0) is 30.4 Å². The molecule has 2 atom stereocenters. The number of furan rings is 1. The Bertz CT molecular complexity index is 382. The molecule has 0 aliphatic heterocycles. The lowest BCUT2D eigenvalue weighted by Gasteiger charge is -2.35. The van der Waals surface area contributed by atoms with Gasteiger partial charge in [0.25, 0.3) is 0 Å². The molecule has 0 saturated carbocycles. The largest absolute Gasteiger partial charge is 0.481 e. The van der Waals surface area contributed by atoms with Crippen LogP contribution in [-0.4, -0.2) is 16.2 Å². The minimum atomic E-state index is -1.34. The number of carboxylic acids is 1. The molecular weight excluding hydrogens is 196 g/mol. The van der Waals surface area contributed by atoms with E-state index < -0.39 is 11.6 Å². The number of fused-ring (bicyclic) bond motifs is 1. The predicted octanol–water partition coefficient (Wildman–Crippen LogP) is 1.52. The van der Waals surface area contributed by atoms with Crippen molar-refractivity contribution >= 4 is 5.97 Å². The number of aliphatic carboxylic acids is 1. The van der Waals surface area contributed by atoms with Crippen LogP contribution in [0.3, 0.4) is 0 Å². The summed E-state index contributed by atoms with van der Waals surface area (Å²) in [6.45, 7) is 1.86. The number of aliphatic hydroxyl groups is 1. The van der Waals surface area contributed by atoms with E-state index >= 15 is 0 Å². The summed E-state index contributed by atoms with van der Waals surface area (Å²) in [5.74, 6) is -0.663. The van der Waals surface area contributed by atoms with Gasteiger partial charge in [0.15, 0.2) is 0 Å². The Balaban J connectivity index is 2.42. The number of hydrogen-bond acceptors (Lipinski definition) is 3. The molecule has 0 spiro atoms. The summed E-state index contributed by atoms with van der Waals surface area (Å²) in [5.41, 5.74) is -0.417. The Labute approximate surface area is 87.5 Å². The Morgan fingerprint density at radius 2 is 2.47 bits per heavy atom. The van der Waals surface area contributed by atoms with Gasteiger partial charge in [-0.2, -0.15) is 0 Å². The molecule has 1 heterocycles. The van der Waals surface area contributed by atoms with E-state index in [-0.39, 0.29) is 12.3 Å². The maximum Gasteiger partial charge on any atom is 0.306 e. The van der Waals surface area contributed by atoms with Gasteiger partial charge in [0.2, 0.25) is 0 Å². The highest BCUT2D eigenvalue weighted by molar-refractivity contribution is 5.68. The molecule has 2 rings (SSSR count). The lowest BCUT2D eigenvalue weighted by Crippen LogP contribution is -2.39. The molecule has 1 aromatic rings. The van der Waals surface area contributed by atoms with Crippen molar-refractivity contribution in [3.8, 4) is 0 Å². The molecule has 2 unspecified atom stereocenters. The molecule has 0 fully saturated rings. The minimum Gasteiger partial charge on any atom is -0.481 e. The Hall–Kier alpha value is -1.29. The quantitative estimate of drug-likeness (QED) is 0.776. The highest BCUT2D eigenvalue weighted by Gasteiger charge is 2.44. The highest BCUT2D eigenvalue weighted by atomic mass is 16.4. The lowest BCUT2D eigenvalue weighted by molar-refractivity contribution is -0.147. The van der Waals surface area contributed by atoms with Crippen LogP contribution < -0.4 is 0 Å². The van der Waals surface area contributed by atoms with E-state index in [9.17, 15) is 9.90 Å². The van der Waals surface area contributed by atoms with Crippen molar-refractivity contribution in [2.24, 2.45) is 5.92 Å². The van der Waals surface area contributed by atoms with Gasteiger partial charge in [-0.15, -0.1) is 0 Å². The van der Waals surface area contributed by atoms with Gasteiger partial charge in [0.1, 0.15) is 11.4 Å². The summed E-state index contributed by atoms with van der Waals surface area (Å²) in [6.07, 6.45) is 2.84. The normalized spacial score (nSPS) is 29.9. The molecule has 4 heteroatoms. The fraction of sp³-hybridized carbons (Fsp3) is 0.545. The van der Waals surface area contributed by atoms with Crippen LogP contribution in [0.25, 0.3) is 0 Å². The fourth-order valence-corrected chi connectivity index (χ4v) is 2.23. The summed E-state index contributed by atoms with van der Waals surface area (Å²) in [7, 11) is 0. The molecule has 4 nitrogen and oxygen atoms in total. The van der Waals surface area contributed by atoms with Crippen LogP contribution in [0.2, 0.25) is 0 Å². The van der Waals surface area contributed by atoms with Gasteiger partial charge < -0.3 is 14.6 Å². The number of carboxylic acid groups (broad SMARTS) is 1. The standard InChI is InChI=1S/C11H14O4/c1-7-2-3-8-4-5-15-10(8)11(7,14)6-9(12)13/h4-5,7,14H,2-3,6H2,1H3,(H,12,13). The molecule has 0 bridgehead atoms. The minimum absolute atomic E-state index is 0.0905. The third kappa shape index (κ3) is 1.55. The Morgan fingerprint density at radius 3 is 3.13 bits per heavy atom. The SMILES string of the molecule is CC1CCc2ccoc2C1(O)CC(=O)O. The molecule has 82 valence electrons. The Morgan fingerprint density at radius 1 is 1.73 bits per heavy atom. The fourth-order valence-electron chi connectivity index (χ4n) is 2.23. The summed E-state index contributed by atoms with van der Waals surface area (Å²) in [4.78, 5) is 10.7. The van der Waals surface area contributed by atoms with Crippen molar-refractivity contribution in [2.45, 2.75) is 31.8 Å². The number of rotatable bonds is 2. The van der Waals surface area contributed by atoms with Gasteiger partial charge in [-0.25, -0.2) is 0 Å². The van der Waals surface area contributed by atoms with Crippen molar-refractivity contribution < 1.29 is 19.4 Å². The molecule has 15 heavy (non-hydrogen) atoms. The molecule has 0 aromatic carbocycles. The molecule has 1 aliphatic rings. The smallest absolute Gasteiger partial charge is 0.306 e. The van der Waals surface area contributed by atoms with E-state index in [1.54, 1.807) is 6.07 Å². The van der Waals surface area contributed by atoms with Crippen molar-refractivity contribution in [1.82, 2.24) is 0 Å². The predicted molar refractivity (Wildman–Crippen MR) is 52.3 cm³/mol. The topological polar surface area (TPSA) is 70.7 Å². The lowest BCUT2D eigenvalue weighted by atomic mass is 9.74. The van der Waals surface area contributed by atoms with Crippen LogP contribution in [0.1, 0.15) is 31.1 Å². The van der Waals surface area contributed by atoms with E-state index in [0.29, 0.717) is 5.76 Å². The second-order valence-corrected chi connectivity index (χ2v) is 4.21.